The van der Waals surface area contributed by atoms with Gasteiger partial charge in [-0.25, -0.2) is 9.37 Å². The predicted octanol–water partition coefficient (Wildman–Crippen LogP) is 3.90. The monoisotopic (exact) mass is 561 g/mol. The van der Waals surface area contributed by atoms with Gasteiger partial charge in [-0.15, -0.1) is 35.3 Å². The van der Waals surface area contributed by atoms with Gasteiger partial charge in [-0.05, 0) is 44.4 Å². The highest BCUT2D eigenvalue weighted by Crippen LogP contribution is 2.20. The minimum absolute atomic E-state index is 0. The smallest absolute Gasteiger partial charge is 0.191 e. The molecule has 0 spiro atoms. The van der Waals surface area contributed by atoms with Crippen LogP contribution in [0.3, 0.4) is 0 Å². The van der Waals surface area contributed by atoms with E-state index >= 15 is 0 Å². The van der Waals surface area contributed by atoms with Gasteiger partial charge in [0.1, 0.15) is 0 Å². The summed E-state index contributed by atoms with van der Waals surface area (Å²) in [7, 11) is 3.30. The Hall–Kier alpha value is -1.46. The second-order valence-electron chi connectivity index (χ2n) is 7.65. The third-order valence-electron chi connectivity index (χ3n) is 5.42. The second kappa shape index (κ2) is 12.5. The predicted molar refractivity (Wildman–Crippen MR) is 136 cm³/mol. The Labute approximate surface area is 205 Å². The average Bonchev–Trinajstić information content (AvgIpc) is 3.05. The first-order valence-electron chi connectivity index (χ1n) is 10.4. The molecule has 1 aromatic carbocycles. The van der Waals surface area contributed by atoms with Gasteiger partial charge in [0.25, 0.3) is 0 Å². The molecular weight excluding hydrogens is 528 g/mol. The summed E-state index contributed by atoms with van der Waals surface area (Å²) in [4.78, 5) is 12.6. The maximum absolute atomic E-state index is 13.9. The molecule has 2 heterocycles. The van der Waals surface area contributed by atoms with E-state index in [2.05, 4.69) is 32.4 Å². The maximum atomic E-state index is 13.9. The number of aromatic nitrogens is 1. The number of rotatable bonds is 7. The number of methoxy groups -OCH3 is 1. The number of nitrogens with zero attached hydrogens (tertiary/aromatic N) is 3. The minimum atomic E-state index is -0.301. The number of ether oxygens (including phenoxy) is 1. The summed E-state index contributed by atoms with van der Waals surface area (Å²) in [5, 5.41) is 8.08. The van der Waals surface area contributed by atoms with E-state index in [4.69, 9.17) is 4.74 Å². The van der Waals surface area contributed by atoms with Crippen molar-refractivity contribution in [2.24, 2.45) is 4.99 Å². The van der Waals surface area contributed by atoms with Crippen molar-refractivity contribution >= 4 is 41.3 Å². The van der Waals surface area contributed by atoms with Crippen molar-refractivity contribution in [3.63, 3.8) is 0 Å². The molecule has 1 aromatic heterocycles. The normalized spacial score (nSPS) is 15.5. The van der Waals surface area contributed by atoms with Gasteiger partial charge < -0.3 is 15.4 Å². The van der Waals surface area contributed by atoms with Crippen LogP contribution in [0.15, 0.2) is 23.2 Å². The van der Waals surface area contributed by atoms with Crippen molar-refractivity contribution < 1.29 is 9.13 Å². The highest BCUT2D eigenvalue weighted by Gasteiger charge is 2.20. The molecule has 1 aliphatic heterocycles. The zero-order valence-electron chi connectivity index (χ0n) is 18.7. The Kier molecular flexibility index (Phi) is 10.4. The first kappa shape index (κ1) is 25.8. The molecule has 0 aliphatic carbocycles. The lowest BCUT2D eigenvalue weighted by Gasteiger charge is -2.33. The van der Waals surface area contributed by atoms with Crippen LogP contribution in [0.25, 0.3) is 0 Å². The summed E-state index contributed by atoms with van der Waals surface area (Å²) in [6.07, 6.45) is 3.02. The Balaban J connectivity index is 0.00000341. The fourth-order valence-electron chi connectivity index (χ4n) is 3.79. The van der Waals surface area contributed by atoms with Crippen molar-refractivity contribution in [3.05, 3.63) is 45.2 Å². The van der Waals surface area contributed by atoms with E-state index in [0.29, 0.717) is 11.8 Å². The number of piperidine rings is 1. The molecule has 0 bridgehead atoms. The molecule has 2 aromatic rings. The quantitative estimate of drug-likeness (QED) is 0.305. The Morgan fingerprint density at radius 2 is 2.06 bits per heavy atom. The highest BCUT2D eigenvalue weighted by atomic mass is 127. The van der Waals surface area contributed by atoms with Crippen LogP contribution in [0.4, 0.5) is 4.39 Å². The molecule has 1 fully saturated rings. The lowest BCUT2D eigenvalue weighted by molar-refractivity contribution is 0.198. The van der Waals surface area contributed by atoms with Gasteiger partial charge in [-0.2, -0.15) is 0 Å². The average molecular weight is 562 g/mol. The summed E-state index contributed by atoms with van der Waals surface area (Å²) in [5.41, 5.74) is 2.11. The molecule has 0 atom stereocenters. The molecule has 0 unspecified atom stereocenters. The SMILES string of the molecule is CN=C(NCCc1sc(C)nc1C)NC1CCN(Cc2ccc(OC)c(F)c2)CC1.I. The number of hydrogen-bond acceptors (Lipinski definition) is 5. The van der Waals surface area contributed by atoms with E-state index < -0.39 is 0 Å². The Morgan fingerprint density at radius 1 is 1.32 bits per heavy atom. The van der Waals surface area contributed by atoms with E-state index in [-0.39, 0.29) is 29.8 Å². The topological polar surface area (TPSA) is 61.8 Å². The second-order valence-corrected chi connectivity index (χ2v) is 8.94. The Morgan fingerprint density at radius 3 is 2.65 bits per heavy atom. The van der Waals surface area contributed by atoms with E-state index in [9.17, 15) is 4.39 Å². The molecule has 0 amide bonds. The van der Waals surface area contributed by atoms with Crippen LogP contribution in [0.2, 0.25) is 0 Å². The molecule has 3 rings (SSSR count). The summed E-state index contributed by atoms with van der Waals surface area (Å²) in [6.45, 7) is 7.66. The number of aryl methyl sites for hydroxylation is 2. The zero-order valence-corrected chi connectivity index (χ0v) is 21.9. The van der Waals surface area contributed by atoms with Gasteiger partial charge in [0.15, 0.2) is 17.5 Å². The lowest BCUT2D eigenvalue weighted by atomic mass is 10.0. The molecule has 9 heteroatoms. The van der Waals surface area contributed by atoms with E-state index in [1.165, 1.54) is 12.0 Å². The number of hydrogen-bond donors (Lipinski definition) is 2. The number of benzene rings is 1. The van der Waals surface area contributed by atoms with Crippen molar-refractivity contribution in [1.29, 1.82) is 0 Å². The standard InChI is InChI=1S/C22H32FN5OS.HI/c1-15-21(30-16(2)26-15)7-10-25-22(24-3)27-18-8-11-28(12-9-18)14-17-5-6-20(29-4)19(23)13-17;/h5-6,13,18H,7-12,14H2,1-4H3,(H2,24,25,27);1H. The maximum Gasteiger partial charge on any atom is 0.191 e. The summed E-state index contributed by atoms with van der Waals surface area (Å²) in [5.74, 6) is 0.843. The van der Waals surface area contributed by atoms with Crippen molar-refractivity contribution in [2.45, 2.75) is 45.7 Å². The van der Waals surface area contributed by atoms with E-state index in [0.717, 1.165) is 67.7 Å². The summed E-state index contributed by atoms with van der Waals surface area (Å²) < 4.78 is 18.9. The Bertz CT molecular complexity index is 868. The van der Waals surface area contributed by atoms with Crippen LogP contribution < -0.4 is 15.4 Å². The van der Waals surface area contributed by atoms with Gasteiger partial charge in [0, 0.05) is 50.6 Å². The van der Waals surface area contributed by atoms with Crippen LogP contribution >= 0.6 is 35.3 Å². The van der Waals surface area contributed by atoms with E-state index in [1.54, 1.807) is 23.5 Å². The van der Waals surface area contributed by atoms with Gasteiger partial charge >= 0.3 is 0 Å². The number of halogens is 2. The summed E-state index contributed by atoms with van der Waals surface area (Å²) >= 11 is 1.77. The van der Waals surface area contributed by atoms with Crippen LogP contribution in [0.5, 0.6) is 5.75 Å². The van der Waals surface area contributed by atoms with Gasteiger partial charge in [0.05, 0.1) is 17.8 Å². The number of nitrogens with one attached hydrogen (secondary N) is 2. The minimum Gasteiger partial charge on any atom is -0.494 e. The number of thiazole rings is 1. The molecule has 1 saturated heterocycles. The van der Waals surface area contributed by atoms with Crippen molar-refractivity contribution in [3.8, 4) is 5.75 Å². The largest absolute Gasteiger partial charge is 0.494 e. The molecule has 2 N–H and O–H groups in total. The van der Waals surface area contributed by atoms with Gasteiger partial charge in [-0.1, -0.05) is 6.07 Å². The molecule has 0 radical (unpaired) electrons. The zero-order chi connectivity index (χ0) is 21.5. The van der Waals surface area contributed by atoms with E-state index in [1.807, 2.05) is 20.0 Å². The third-order valence-corrected chi connectivity index (χ3v) is 6.55. The van der Waals surface area contributed by atoms with Crippen LogP contribution in [-0.4, -0.2) is 55.7 Å². The lowest BCUT2D eigenvalue weighted by Crippen LogP contribution is -2.48. The summed E-state index contributed by atoms with van der Waals surface area (Å²) in [6, 6.07) is 5.60. The number of guanidine groups is 1. The molecule has 0 saturated carbocycles. The van der Waals surface area contributed by atoms with Gasteiger partial charge in [-0.3, -0.25) is 9.89 Å². The van der Waals surface area contributed by atoms with Crippen molar-refractivity contribution in [1.82, 2.24) is 20.5 Å². The fourth-order valence-corrected chi connectivity index (χ4v) is 4.73. The third kappa shape index (κ3) is 7.57. The molecule has 31 heavy (non-hydrogen) atoms. The van der Waals surface area contributed by atoms with Gasteiger partial charge in [0.2, 0.25) is 0 Å². The number of likely N-dealkylation sites (tertiary alicyclic amines) is 1. The highest BCUT2D eigenvalue weighted by molar-refractivity contribution is 14.0. The number of aliphatic imine (C=N–C) groups is 1. The first-order chi connectivity index (χ1) is 14.5. The molecule has 1 aliphatic rings. The van der Waals surface area contributed by atoms with Crippen molar-refractivity contribution in [2.75, 3.05) is 33.8 Å². The van der Waals surface area contributed by atoms with Crippen LogP contribution in [-0.2, 0) is 13.0 Å². The fraction of sp³-hybridized carbons (Fsp3) is 0.545. The molecule has 172 valence electrons. The molecular formula is C22H33FIN5OS. The molecule has 6 nitrogen and oxygen atoms in total. The van der Waals surface area contributed by atoms with Crippen LogP contribution in [0.1, 0.15) is 34.0 Å². The first-order valence-corrected chi connectivity index (χ1v) is 11.2. The van der Waals surface area contributed by atoms with Crippen LogP contribution in [0, 0.1) is 19.7 Å².